The lowest BCUT2D eigenvalue weighted by molar-refractivity contribution is 0.247. The molecule has 0 spiro atoms. The van der Waals surface area contributed by atoms with Gasteiger partial charge in [0.25, 0.3) is 0 Å². The summed E-state index contributed by atoms with van der Waals surface area (Å²) in [7, 11) is 2.11. The van der Waals surface area contributed by atoms with Crippen molar-refractivity contribution in [2.45, 2.75) is 33.4 Å². The summed E-state index contributed by atoms with van der Waals surface area (Å²) in [5.74, 6) is 1.98. The number of nitrogens with zero attached hydrogens (tertiary/aromatic N) is 2. The molecule has 0 unspecified atom stereocenters. The van der Waals surface area contributed by atoms with Crippen molar-refractivity contribution in [3.05, 3.63) is 53.2 Å². The summed E-state index contributed by atoms with van der Waals surface area (Å²) in [4.78, 5) is 6.68. The fourth-order valence-electron chi connectivity index (χ4n) is 2.09. The van der Waals surface area contributed by atoms with Crippen LogP contribution in [-0.2, 0) is 6.54 Å². The second-order valence-electron chi connectivity index (χ2n) is 4.78. The molecule has 0 saturated heterocycles. The van der Waals surface area contributed by atoms with E-state index < -0.39 is 0 Å². The van der Waals surface area contributed by atoms with Crippen LogP contribution in [0, 0.1) is 13.8 Å². The summed E-state index contributed by atoms with van der Waals surface area (Å²) in [5, 5.41) is 0. The van der Waals surface area contributed by atoms with Gasteiger partial charge in [-0.3, -0.25) is 9.88 Å². The SMILES string of the molecule is Cc1cc(CN(C)[C@@H](C)c2ccccn2)c(C)o1. The average Bonchev–Trinajstić information content (AvgIpc) is 2.68. The molecular formula is C15H20N2O. The topological polar surface area (TPSA) is 29.3 Å². The maximum absolute atomic E-state index is 5.56. The normalized spacial score (nSPS) is 12.9. The second-order valence-corrected chi connectivity index (χ2v) is 4.78. The number of aromatic nitrogens is 1. The molecule has 2 rings (SSSR count). The molecule has 0 fully saturated rings. The van der Waals surface area contributed by atoms with Crippen LogP contribution in [0.5, 0.6) is 0 Å². The van der Waals surface area contributed by atoms with Gasteiger partial charge in [0.15, 0.2) is 0 Å². The number of rotatable bonds is 4. The van der Waals surface area contributed by atoms with E-state index in [0.29, 0.717) is 6.04 Å². The zero-order valence-electron chi connectivity index (χ0n) is 11.5. The van der Waals surface area contributed by atoms with Crippen LogP contribution >= 0.6 is 0 Å². The molecule has 2 aromatic rings. The number of hydrogen-bond acceptors (Lipinski definition) is 3. The van der Waals surface area contributed by atoms with Crippen LogP contribution in [-0.4, -0.2) is 16.9 Å². The first kappa shape index (κ1) is 12.8. The van der Waals surface area contributed by atoms with Crippen LogP contribution in [0.3, 0.4) is 0 Å². The van der Waals surface area contributed by atoms with E-state index in [1.165, 1.54) is 5.56 Å². The first-order chi connectivity index (χ1) is 8.58. The Morgan fingerprint density at radius 2 is 2.11 bits per heavy atom. The molecule has 0 aliphatic carbocycles. The molecule has 3 nitrogen and oxygen atoms in total. The summed E-state index contributed by atoms with van der Waals surface area (Å²) >= 11 is 0. The Hall–Kier alpha value is -1.61. The van der Waals surface area contributed by atoms with Crippen molar-refractivity contribution in [3.8, 4) is 0 Å². The third-order valence-corrected chi connectivity index (χ3v) is 3.34. The Bertz CT molecular complexity index is 504. The molecule has 0 aliphatic rings. The highest BCUT2D eigenvalue weighted by Gasteiger charge is 2.15. The van der Waals surface area contributed by atoms with Crippen molar-refractivity contribution in [1.82, 2.24) is 9.88 Å². The van der Waals surface area contributed by atoms with Gasteiger partial charge in [-0.2, -0.15) is 0 Å². The summed E-state index contributed by atoms with van der Waals surface area (Å²) in [6.07, 6.45) is 1.84. The van der Waals surface area contributed by atoms with Crippen molar-refractivity contribution >= 4 is 0 Å². The Morgan fingerprint density at radius 1 is 1.33 bits per heavy atom. The van der Waals surface area contributed by atoms with Crippen molar-refractivity contribution in [2.24, 2.45) is 0 Å². The van der Waals surface area contributed by atoms with Crippen molar-refractivity contribution < 1.29 is 4.42 Å². The fourth-order valence-corrected chi connectivity index (χ4v) is 2.09. The van der Waals surface area contributed by atoms with Crippen LogP contribution in [0.1, 0.15) is 35.7 Å². The van der Waals surface area contributed by atoms with Crippen LogP contribution in [0.2, 0.25) is 0 Å². The third kappa shape index (κ3) is 2.79. The molecule has 0 aromatic carbocycles. The van der Waals surface area contributed by atoms with E-state index in [1.807, 2.05) is 32.2 Å². The predicted octanol–water partition coefficient (Wildman–Crippen LogP) is 3.48. The van der Waals surface area contributed by atoms with Crippen molar-refractivity contribution in [2.75, 3.05) is 7.05 Å². The molecule has 0 bridgehead atoms. The van der Waals surface area contributed by atoms with Crippen LogP contribution in [0.25, 0.3) is 0 Å². The Kier molecular flexibility index (Phi) is 3.82. The average molecular weight is 244 g/mol. The Morgan fingerprint density at radius 3 is 2.67 bits per heavy atom. The maximum atomic E-state index is 5.56. The van der Waals surface area contributed by atoms with E-state index >= 15 is 0 Å². The van der Waals surface area contributed by atoms with Gasteiger partial charge in [-0.05, 0) is 46.0 Å². The van der Waals surface area contributed by atoms with E-state index in [2.05, 4.69) is 36.0 Å². The molecule has 0 saturated carbocycles. The molecular weight excluding hydrogens is 224 g/mol. The molecule has 1 atom stereocenters. The van der Waals surface area contributed by atoms with E-state index in [4.69, 9.17) is 4.42 Å². The number of hydrogen-bond donors (Lipinski definition) is 0. The van der Waals surface area contributed by atoms with Crippen molar-refractivity contribution in [1.29, 1.82) is 0 Å². The summed E-state index contributed by atoms with van der Waals surface area (Å²) < 4.78 is 5.56. The molecule has 0 radical (unpaired) electrons. The quantitative estimate of drug-likeness (QED) is 0.824. The minimum Gasteiger partial charge on any atom is -0.466 e. The van der Waals surface area contributed by atoms with E-state index in [0.717, 1.165) is 23.8 Å². The van der Waals surface area contributed by atoms with Gasteiger partial charge in [0.1, 0.15) is 11.5 Å². The standard InChI is InChI=1S/C15H20N2O/c1-11-9-14(13(3)18-11)10-17(4)12(2)15-7-5-6-8-16-15/h5-9,12H,10H2,1-4H3/t12-/m0/s1. The van der Waals surface area contributed by atoms with E-state index in [-0.39, 0.29) is 0 Å². The minimum atomic E-state index is 0.292. The zero-order chi connectivity index (χ0) is 13.1. The van der Waals surface area contributed by atoms with Gasteiger partial charge in [-0.1, -0.05) is 6.07 Å². The monoisotopic (exact) mass is 244 g/mol. The van der Waals surface area contributed by atoms with E-state index in [1.54, 1.807) is 0 Å². The van der Waals surface area contributed by atoms with Crippen LogP contribution < -0.4 is 0 Å². The third-order valence-electron chi connectivity index (χ3n) is 3.34. The van der Waals surface area contributed by atoms with Gasteiger partial charge in [-0.25, -0.2) is 0 Å². The fraction of sp³-hybridized carbons (Fsp3) is 0.400. The van der Waals surface area contributed by atoms with Gasteiger partial charge in [0.2, 0.25) is 0 Å². The van der Waals surface area contributed by atoms with Gasteiger partial charge in [0.05, 0.1) is 5.69 Å². The Labute approximate surface area is 108 Å². The predicted molar refractivity (Wildman–Crippen MR) is 72.3 cm³/mol. The largest absolute Gasteiger partial charge is 0.466 e. The lowest BCUT2D eigenvalue weighted by atomic mass is 10.1. The highest BCUT2D eigenvalue weighted by Crippen LogP contribution is 2.21. The molecule has 2 aromatic heterocycles. The number of pyridine rings is 1. The molecule has 0 amide bonds. The van der Waals surface area contributed by atoms with E-state index in [9.17, 15) is 0 Å². The summed E-state index contributed by atoms with van der Waals surface area (Å²) in [5.41, 5.74) is 2.34. The zero-order valence-corrected chi connectivity index (χ0v) is 11.5. The molecule has 18 heavy (non-hydrogen) atoms. The Balaban J connectivity index is 2.08. The van der Waals surface area contributed by atoms with Gasteiger partial charge < -0.3 is 4.42 Å². The first-order valence-electron chi connectivity index (χ1n) is 6.25. The molecule has 2 heterocycles. The number of furan rings is 1. The van der Waals surface area contributed by atoms with Gasteiger partial charge in [-0.15, -0.1) is 0 Å². The maximum Gasteiger partial charge on any atom is 0.105 e. The second kappa shape index (κ2) is 5.36. The van der Waals surface area contributed by atoms with Crippen LogP contribution in [0.4, 0.5) is 0 Å². The summed E-state index contributed by atoms with van der Waals surface area (Å²) in [6, 6.07) is 8.44. The van der Waals surface area contributed by atoms with Crippen molar-refractivity contribution in [3.63, 3.8) is 0 Å². The molecule has 3 heteroatoms. The van der Waals surface area contributed by atoms with Gasteiger partial charge in [0, 0.05) is 24.3 Å². The molecule has 0 aliphatic heterocycles. The smallest absolute Gasteiger partial charge is 0.105 e. The lowest BCUT2D eigenvalue weighted by Gasteiger charge is -2.23. The summed E-state index contributed by atoms with van der Waals surface area (Å²) in [6.45, 7) is 7.05. The van der Waals surface area contributed by atoms with Gasteiger partial charge >= 0.3 is 0 Å². The molecule has 96 valence electrons. The molecule has 0 N–H and O–H groups in total. The minimum absolute atomic E-state index is 0.292. The lowest BCUT2D eigenvalue weighted by Crippen LogP contribution is -2.22. The highest BCUT2D eigenvalue weighted by atomic mass is 16.3. The number of aryl methyl sites for hydroxylation is 2. The first-order valence-corrected chi connectivity index (χ1v) is 6.25. The highest BCUT2D eigenvalue weighted by molar-refractivity contribution is 5.20. The van der Waals surface area contributed by atoms with Crippen LogP contribution in [0.15, 0.2) is 34.9 Å².